The lowest BCUT2D eigenvalue weighted by Crippen LogP contribution is -2.26. The summed E-state index contributed by atoms with van der Waals surface area (Å²) < 4.78 is 45.6. The Hall–Kier alpha value is -0.700. The van der Waals surface area contributed by atoms with Crippen molar-refractivity contribution in [1.82, 2.24) is 4.72 Å². The van der Waals surface area contributed by atoms with E-state index in [4.69, 9.17) is 10.5 Å². The monoisotopic (exact) mass is 382 g/mol. The Morgan fingerprint density at radius 3 is 2.67 bits per heavy atom. The van der Waals surface area contributed by atoms with Gasteiger partial charge in [0, 0.05) is 25.4 Å². The predicted molar refractivity (Wildman–Crippen MR) is 84.0 cm³/mol. The van der Waals surface area contributed by atoms with Crippen LogP contribution in [0.1, 0.15) is 26.2 Å². The zero-order valence-corrected chi connectivity index (χ0v) is 14.3. The lowest BCUT2D eigenvalue weighted by Gasteiger charge is -2.10. The van der Waals surface area contributed by atoms with Crippen molar-refractivity contribution in [3.63, 3.8) is 0 Å². The number of halogens is 2. The first-order valence-electron chi connectivity index (χ1n) is 6.70. The molecule has 5 nitrogen and oxygen atoms in total. The van der Waals surface area contributed by atoms with Crippen molar-refractivity contribution in [2.24, 2.45) is 0 Å². The molecule has 0 aliphatic carbocycles. The number of unbranched alkanes of at least 4 members (excludes halogenated alkanes) is 1. The number of sulfonamides is 1. The van der Waals surface area contributed by atoms with Gasteiger partial charge in [-0.05, 0) is 40.9 Å². The van der Waals surface area contributed by atoms with Crippen molar-refractivity contribution >= 4 is 31.6 Å². The molecule has 0 aliphatic heterocycles. The summed E-state index contributed by atoms with van der Waals surface area (Å²) in [6.07, 6.45) is 2.55. The third-order valence-electron chi connectivity index (χ3n) is 2.71. The second-order valence-corrected chi connectivity index (χ2v) is 7.12. The summed E-state index contributed by atoms with van der Waals surface area (Å²) in [6.45, 7) is 3.38. The number of rotatable bonds is 9. The molecule has 1 rings (SSSR count). The van der Waals surface area contributed by atoms with E-state index in [-0.39, 0.29) is 16.7 Å². The van der Waals surface area contributed by atoms with Crippen LogP contribution in [0.5, 0.6) is 0 Å². The van der Waals surface area contributed by atoms with Crippen LogP contribution in [0.2, 0.25) is 0 Å². The largest absolute Gasteiger partial charge is 0.399 e. The Morgan fingerprint density at radius 1 is 1.33 bits per heavy atom. The lowest BCUT2D eigenvalue weighted by molar-refractivity contribution is 0.130. The molecule has 0 heterocycles. The van der Waals surface area contributed by atoms with E-state index in [1.165, 1.54) is 6.07 Å². The van der Waals surface area contributed by atoms with Gasteiger partial charge in [0.25, 0.3) is 0 Å². The lowest BCUT2D eigenvalue weighted by atomic mass is 10.3. The standard InChI is InChI=1S/C13H20BrFN2O3S/c1-2-3-6-20-7-4-5-17-21(18,19)12-9-10(16)8-11(14)13(12)15/h8-9,17H,2-7,16H2,1H3. The predicted octanol–water partition coefficient (Wildman–Crippen LogP) is 2.66. The van der Waals surface area contributed by atoms with Crippen LogP contribution >= 0.6 is 15.9 Å². The van der Waals surface area contributed by atoms with E-state index in [0.717, 1.165) is 18.9 Å². The molecule has 0 spiro atoms. The van der Waals surface area contributed by atoms with Gasteiger partial charge in [0.15, 0.2) is 5.82 Å². The van der Waals surface area contributed by atoms with E-state index >= 15 is 0 Å². The van der Waals surface area contributed by atoms with Gasteiger partial charge in [-0.25, -0.2) is 17.5 Å². The van der Waals surface area contributed by atoms with Crippen LogP contribution in [0.15, 0.2) is 21.5 Å². The van der Waals surface area contributed by atoms with Crippen molar-refractivity contribution in [3.8, 4) is 0 Å². The van der Waals surface area contributed by atoms with Gasteiger partial charge in [-0.2, -0.15) is 0 Å². The third-order valence-corrected chi connectivity index (χ3v) is 4.74. The van der Waals surface area contributed by atoms with Crippen molar-refractivity contribution in [1.29, 1.82) is 0 Å². The van der Waals surface area contributed by atoms with Crippen LogP contribution in [-0.2, 0) is 14.8 Å². The summed E-state index contributed by atoms with van der Waals surface area (Å²) in [6, 6.07) is 2.41. The van der Waals surface area contributed by atoms with Gasteiger partial charge in [-0.3, -0.25) is 0 Å². The molecule has 1 aromatic carbocycles. The molecule has 120 valence electrons. The van der Waals surface area contributed by atoms with Gasteiger partial charge in [0.2, 0.25) is 10.0 Å². The molecule has 0 bridgehead atoms. The Kier molecular flexibility index (Phi) is 7.58. The van der Waals surface area contributed by atoms with Gasteiger partial charge in [-0.1, -0.05) is 13.3 Å². The minimum Gasteiger partial charge on any atom is -0.399 e. The first-order valence-corrected chi connectivity index (χ1v) is 8.98. The van der Waals surface area contributed by atoms with Gasteiger partial charge < -0.3 is 10.5 Å². The molecule has 3 N–H and O–H groups in total. The molecule has 0 saturated heterocycles. The number of hydrogen-bond acceptors (Lipinski definition) is 4. The van der Waals surface area contributed by atoms with Crippen LogP contribution in [0.4, 0.5) is 10.1 Å². The maximum atomic E-state index is 13.8. The fourth-order valence-electron chi connectivity index (χ4n) is 1.59. The van der Waals surface area contributed by atoms with E-state index in [9.17, 15) is 12.8 Å². The van der Waals surface area contributed by atoms with Gasteiger partial charge in [0.1, 0.15) is 4.90 Å². The topological polar surface area (TPSA) is 81.4 Å². The quantitative estimate of drug-likeness (QED) is 0.508. The Labute approximate surface area is 133 Å². The van der Waals surface area contributed by atoms with Crippen LogP contribution in [0.25, 0.3) is 0 Å². The van der Waals surface area contributed by atoms with Crippen LogP contribution < -0.4 is 10.5 Å². The number of nitrogens with two attached hydrogens (primary N) is 1. The minimum atomic E-state index is -3.92. The SMILES string of the molecule is CCCCOCCCNS(=O)(=O)c1cc(N)cc(Br)c1F. The summed E-state index contributed by atoms with van der Waals surface area (Å²) in [7, 11) is -3.92. The average molecular weight is 383 g/mol. The molecule has 8 heteroatoms. The average Bonchev–Trinajstić information content (AvgIpc) is 2.41. The summed E-state index contributed by atoms with van der Waals surface area (Å²) in [5.41, 5.74) is 5.71. The van der Waals surface area contributed by atoms with Crippen LogP contribution in [0.3, 0.4) is 0 Å². The number of hydrogen-bond donors (Lipinski definition) is 2. The molecular weight excluding hydrogens is 363 g/mol. The molecule has 0 aromatic heterocycles. The maximum Gasteiger partial charge on any atom is 0.243 e. The number of ether oxygens (including phenoxy) is 1. The first-order chi connectivity index (χ1) is 9.88. The highest BCUT2D eigenvalue weighted by Gasteiger charge is 2.21. The summed E-state index contributed by atoms with van der Waals surface area (Å²) in [5.74, 6) is -0.851. The highest BCUT2D eigenvalue weighted by atomic mass is 79.9. The molecule has 0 amide bonds. The van der Waals surface area contributed by atoms with E-state index in [0.29, 0.717) is 19.6 Å². The minimum absolute atomic E-state index is 0.0192. The zero-order valence-electron chi connectivity index (χ0n) is 11.9. The van der Waals surface area contributed by atoms with Crippen LogP contribution in [0, 0.1) is 5.82 Å². The maximum absolute atomic E-state index is 13.8. The highest BCUT2D eigenvalue weighted by Crippen LogP contribution is 2.25. The summed E-state index contributed by atoms with van der Waals surface area (Å²) >= 11 is 2.94. The van der Waals surface area contributed by atoms with Crippen molar-refractivity contribution < 1.29 is 17.5 Å². The molecule has 0 saturated carbocycles. The number of benzene rings is 1. The fourth-order valence-corrected chi connectivity index (χ4v) is 3.40. The molecule has 0 aliphatic rings. The number of nitrogens with one attached hydrogen (secondary N) is 1. The van der Waals surface area contributed by atoms with E-state index in [2.05, 4.69) is 27.6 Å². The third kappa shape index (κ3) is 5.90. The number of nitrogen functional groups attached to an aromatic ring is 1. The summed E-state index contributed by atoms with van der Waals surface area (Å²) in [4.78, 5) is -0.457. The van der Waals surface area contributed by atoms with Gasteiger partial charge >= 0.3 is 0 Å². The van der Waals surface area contributed by atoms with Gasteiger partial charge in [-0.15, -0.1) is 0 Å². The molecule has 1 aromatic rings. The van der Waals surface area contributed by atoms with E-state index < -0.39 is 20.7 Å². The van der Waals surface area contributed by atoms with Crippen LogP contribution in [-0.4, -0.2) is 28.2 Å². The molecule has 0 atom stereocenters. The zero-order chi connectivity index (χ0) is 15.9. The van der Waals surface area contributed by atoms with Crippen molar-refractivity contribution in [3.05, 3.63) is 22.4 Å². The fraction of sp³-hybridized carbons (Fsp3) is 0.538. The molecule has 0 fully saturated rings. The number of anilines is 1. The Balaban J connectivity index is 2.55. The highest BCUT2D eigenvalue weighted by molar-refractivity contribution is 9.10. The first kappa shape index (κ1) is 18.3. The Bertz CT molecular complexity index is 567. The smallest absolute Gasteiger partial charge is 0.243 e. The molecule has 21 heavy (non-hydrogen) atoms. The van der Waals surface area contributed by atoms with Crippen molar-refractivity contribution in [2.45, 2.75) is 31.1 Å². The normalized spacial score (nSPS) is 11.8. The van der Waals surface area contributed by atoms with E-state index in [1.54, 1.807) is 0 Å². The van der Waals surface area contributed by atoms with Gasteiger partial charge in [0.05, 0.1) is 4.47 Å². The second-order valence-electron chi connectivity index (χ2n) is 4.53. The summed E-state index contributed by atoms with van der Waals surface area (Å²) in [5, 5.41) is 0. The molecular formula is C13H20BrFN2O3S. The molecule has 0 unspecified atom stereocenters. The Morgan fingerprint density at radius 2 is 2.00 bits per heavy atom. The van der Waals surface area contributed by atoms with E-state index in [1.807, 2.05) is 0 Å². The van der Waals surface area contributed by atoms with Crippen molar-refractivity contribution in [2.75, 3.05) is 25.5 Å². The molecule has 0 radical (unpaired) electrons. The second kappa shape index (κ2) is 8.67.